The fourth-order valence-corrected chi connectivity index (χ4v) is 7.81. The zero-order chi connectivity index (χ0) is 39.8. The third-order valence-corrected chi connectivity index (χ3v) is 11.6. The van der Waals surface area contributed by atoms with Crippen molar-refractivity contribution in [1.82, 2.24) is 0 Å². The summed E-state index contributed by atoms with van der Waals surface area (Å²) in [5.74, 6) is 2.67. The standard InChI is InChI=1S/C24H27O4P.C21H21O4P/c1-16-10-7-13-22(19(16)4)26-29(25,27-23-14-8-11-17(2)20(23)5)28-24-15-9-12-18(3)21(24)6;1-16-4-10-19(11-5-16)23-26(22,24-20-12-6-17(2)7-13-20)25-21-14-8-18(3)9-15-21/h7-15H,1-6H3;4-15H,1-3H3. The van der Waals surface area contributed by atoms with Gasteiger partial charge in [-0.15, -0.1) is 0 Å². The number of phosphoric ester groups is 2. The van der Waals surface area contributed by atoms with Gasteiger partial charge in [0, 0.05) is 0 Å². The molecule has 0 radical (unpaired) electrons. The van der Waals surface area contributed by atoms with Crippen LogP contribution >= 0.6 is 15.6 Å². The number of rotatable bonds is 12. The third kappa shape index (κ3) is 11.3. The van der Waals surface area contributed by atoms with Gasteiger partial charge in [0.2, 0.25) is 0 Å². The molecular weight excluding hydrogens is 730 g/mol. The van der Waals surface area contributed by atoms with E-state index in [0.717, 1.165) is 50.1 Å². The first-order valence-corrected chi connectivity index (χ1v) is 20.8. The molecule has 6 rings (SSSR count). The van der Waals surface area contributed by atoms with Crippen LogP contribution in [0.15, 0.2) is 127 Å². The van der Waals surface area contributed by atoms with Crippen molar-refractivity contribution in [2.75, 3.05) is 0 Å². The van der Waals surface area contributed by atoms with E-state index in [9.17, 15) is 9.13 Å². The van der Waals surface area contributed by atoms with Crippen LogP contribution in [-0.2, 0) is 9.13 Å². The number of phosphoric acid groups is 2. The van der Waals surface area contributed by atoms with Crippen LogP contribution in [-0.4, -0.2) is 0 Å². The number of aryl methyl sites for hydroxylation is 6. The van der Waals surface area contributed by atoms with Crippen LogP contribution in [0.1, 0.15) is 50.1 Å². The van der Waals surface area contributed by atoms with E-state index in [0.29, 0.717) is 34.5 Å². The van der Waals surface area contributed by atoms with E-state index in [1.807, 2.05) is 135 Å². The number of hydrogen-bond acceptors (Lipinski definition) is 8. The van der Waals surface area contributed by atoms with Crippen LogP contribution in [0, 0.1) is 62.3 Å². The minimum Gasteiger partial charge on any atom is -0.386 e. The van der Waals surface area contributed by atoms with Gasteiger partial charge in [0.1, 0.15) is 34.5 Å². The van der Waals surface area contributed by atoms with Crippen molar-refractivity contribution in [1.29, 1.82) is 0 Å². The maximum Gasteiger partial charge on any atom is 0.647 e. The highest BCUT2D eigenvalue weighted by atomic mass is 31.2. The summed E-state index contributed by atoms with van der Waals surface area (Å²) in [6.07, 6.45) is 0. The maximum atomic E-state index is 13.8. The lowest BCUT2D eigenvalue weighted by Crippen LogP contribution is -2.10. The second-order valence-corrected chi connectivity index (χ2v) is 16.4. The summed E-state index contributed by atoms with van der Waals surface area (Å²) in [6, 6.07) is 38.5. The largest absolute Gasteiger partial charge is 0.647 e. The smallest absolute Gasteiger partial charge is 0.386 e. The van der Waals surface area contributed by atoms with E-state index >= 15 is 0 Å². The predicted molar refractivity (Wildman–Crippen MR) is 220 cm³/mol. The molecule has 0 saturated heterocycles. The normalized spacial score (nSPS) is 11.1. The van der Waals surface area contributed by atoms with E-state index in [1.165, 1.54) is 0 Å². The summed E-state index contributed by atoms with van der Waals surface area (Å²) < 4.78 is 61.8. The van der Waals surface area contributed by atoms with Crippen molar-refractivity contribution in [3.63, 3.8) is 0 Å². The highest BCUT2D eigenvalue weighted by Crippen LogP contribution is 2.52. The Morgan fingerprint density at radius 2 is 0.545 bits per heavy atom. The summed E-state index contributed by atoms with van der Waals surface area (Å²) in [5.41, 5.74) is 9.00. The lowest BCUT2D eigenvalue weighted by molar-refractivity contribution is 0.295. The Morgan fingerprint density at radius 3 is 0.800 bits per heavy atom. The Hall–Kier alpha value is -5.42. The maximum absolute atomic E-state index is 13.8. The van der Waals surface area contributed by atoms with E-state index in [-0.39, 0.29) is 0 Å². The van der Waals surface area contributed by atoms with Crippen LogP contribution in [0.3, 0.4) is 0 Å². The van der Waals surface area contributed by atoms with Crippen molar-refractivity contribution in [2.24, 2.45) is 0 Å². The lowest BCUT2D eigenvalue weighted by Gasteiger charge is -2.23. The van der Waals surface area contributed by atoms with Crippen LogP contribution in [0.2, 0.25) is 0 Å². The van der Waals surface area contributed by atoms with E-state index in [1.54, 1.807) is 54.6 Å². The molecule has 0 atom stereocenters. The van der Waals surface area contributed by atoms with Crippen LogP contribution < -0.4 is 27.1 Å². The van der Waals surface area contributed by atoms with E-state index in [2.05, 4.69) is 0 Å². The van der Waals surface area contributed by atoms with E-state index in [4.69, 9.17) is 27.1 Å². The molecule has 0 bridgehead atoms. The summed E-state index contributed by atoms with van der Waals surface area (Å²) in [5, 5.41) is 0. The first kappa shape index (κ1) is 40.8. The summed E-state index contributed by atoms with van der Waals surface area (Å²) in [7, 11) is -7.96. The van der Waals surface area contributed by atoms with Gasteiger partial charge in [-0.1, -0.05) is 89.5 Å². The third-order valence-electron chi connectivity index (χ3n) is 9.01. The Kier molecular flexibility index (Phi) is 13.2. The quantitative estimate of drug-likeness (QED) is 0.113. The molecule has 10 heteroatoms. The zero-order valence-electron chi connectivity index (χ0n) is 32.8. The monoisotopic (exact) mass is 778 g/mol. The van der Waals surface area contributed by atoms with Crippen molar-refractivity contribution in [3.8, 4) is 34.5 Å². The molecular formula is C45H48O8P2. The average molecular weight is 779 g/mol. The molecule has 0 spiro atoms. The van der Waals surface area contributed by atoms with Gasteiger partial charge in [-0.25, -0.2) is 0 Å². The zero-order valence-corrected chi connectivity index (χ0v) is 34.6. The van der Waals surface area contributed by atoms with Crippen molar-refractivity contribution in [3.05, 3.63) is 177 Å². The fraction of sp³-hybridized carbons (Fsp3) is 0.200. The van der Waals surface area contributed by atoms with Gasteiger partial charge in [0.05, 0.1) is 0 Å². The Bertz CT molecular complexity index is 2060. The first-order chi connectivity index (χ1) is 26.1. The first-order valence-electron chi connectivity index (χ1n) is 17.9. The molecule has 0 heterocycles. The molecule has 0 fully saturated rings. The molecule has 0 aromatic heterocycles. The predicted octanol–water partition coefficient (Wildman–Crippen LogP) is 13.4. The summed E-state index contributed by atoms with van der Waals surface area (Å²) >= 11 is 0. The molecule has 55 heavy (non-hydrogen) atoms. The number of benzene rings is 6. The highest BCUT2D eigenvalue weighted by molar-refractivity contribution is 7.50. The van der Waals surface area contributed by atoms with Crippen molar-refractivity contribution < 1.29 is 36.3 Å². The Morgan fingerprint density at radius 1 is 0.309 bits per heavy atom. The molecule has 0 aliphatic heterocycles. The van der Waals surface area contributed by atoms with Gasteiger partial charge >= 0.3 is 15.6 Å². The van der Waals surface area contributed by atoms with Gasteiger partial charge in [-0.3, -0.25) is 0 Å². The fourth-order valence-electron chi connectivity index (χ4n) is 5.13. The average Bonchev–Trinajstić information content (AvgIpc) is 3.14. The minimum absolute atomic E-state index is 0.415. The topological polar surface area (TPSA) is 89.5 Å². The van der Waals surface area contributed by atoms with E-state index < -0.39 is 15.6 Å². The molecule has 0 amide bonds. The molecule has 0 unspecified atom stereocenters. The van der Waals surface area contributed by atoms with Gasteiger partial charge in [0.15, 0.2) is 0 Å². The molecule has 0 saturated carbocycles. The summed E-state index contributed by atoms with van der Waals surface area (Å²) in [4.78, 5) is 0. The second kappa shape index (κ2) is 17.8. The Balaban J connectivity index is 0.000000212. The summed E-state index contributed by atoms with van der Waals surface area (Å²) in [6.45, 7) is 17.6. The molecule has 0 N–H and O–H groups in total. The van der Waals surface area contributed by atoms with Crippen molar-refractivity contribution >= 4 is 15.6 Å². The molecule has 6 aromatic carbocycles. The highest BCUT2D eigenvalue weighted by Gasteiger charge is 2.35. The SMILES string of the molecule is Cc1ccc(OP(=O)(Oc2ccc(C)cc2)Oc2ccc(C)cc2)cc1.Cc1cccc(OP(=O)(Oc2cccc(C)c2C)Oc2cccc(C)c2C)c1C. The molecule has 6 aromatic rings. The molecule has 0 aliphatic carbocycles. The number of hydrogen-bond donors (Lipinski definition) is 0. The molecule has 0 aliphatic rings. The minimum atomic E-state index is -4.03. The van der Waals surface area contributed by atoms with Crippen LogP contribution in [0.25, 0.3) is 0 Å². The van der Waals surface area contributed by atoms with Gasteiger partial charge in [-0.05, 0) is 150 Å². The van der Waals surface area contributed by atoms with Gasteiger partial charge < -0.3 is 27.1 Å². The van der Waals surface area contributed by atoms with Crippen molar-refractivity contribution in [2.45, 2.75) is 62.3 Å². The molecule has 8 nitrogen and oxygen atoms in total. The second-order valence-electron chi connectivity index (χ2n) is 13.5. The van der Waals surface area contributed by atoms with Crippen LogP contribution in [0.4, 0.5) is 0 Å². The molecule has 286 valence electrons. The lowest BCUT2D eigenvalue weighted by atomic mass is 10.1. The van der Waals surface area contributed by atoms with Crippen LogP contribution in [0.5, 0.6) is 34.5 Å². The van der Waals surface area contributed by atoms with Gasteiger partial charge in [-0.2, -0.15) is 9.13 Å². The van der Waals surface area contributed by atoms with Gasteiger partial charge in [0.25, 0.3) is 0 Å². The Labute approximate surface area is 325 Å².